The van der Waals surface area contributed by atoms with Crippen LogP contribution in [-0.4, -0.2) is 33.5 Å². The van der Waals surface area contributed by atoms with Gasteiger partial charge in [0.2, 0.25) is 0 Å². The predicted octanol–water partition coefficient (Wildman–Crippen LogP) is 2.92. The summed E-state index contributed by atoms with van der Waals surface area (Å²) in [5, 5.41) is 0. The smallest absolute Gasteiger partial charge is 0.177 e. The SMILES string of the molecule is CC(=O)c1ccc(S(C)(=O)=O)c(N2CC3CCCCC3C2)c1. The molecule has 1 aliphatic heterocycles. The molecular weight excluding hydrogens is 298 g/mol. The van der Waals surface area contributed by atoms with Crippen LogP contribution >= 0.6 is 0 Å². The van der Waals surface area contributed by atoms with Crippen LogP contribution in [0.15, 0.2) is 23.1 Å². The minimum atomic E-state index is -3.30. The van der Waals surface area contributed by atoms with E-state index >= 15 is 0 Å². The highest BCUT2D eigenvalue weighted by Gasteiger charge is 2.36. The molecule has 1 aromatic rings. The van der Waals surface area contributed by atoms with E-state index in [0.717, 1.165) is 13.1 Å². The average Bonchev–Trinajstić information content (AvgIpc) is 2.89. The molecule has 3 rings (SSSR count). The molecule has 5 heteroatoms. The third-order valence-electron chi connectivity index (χ3n) is 5.08. The summed E-state index contributed by atoms with van der Waals surface area (Å²) in [6.45, 7) is 3.34. The molecule has 22 heavy (non-hydrogen) atoms. The Morgan fingerprint density at radius 3 is 2.23 bits per heavy atom. The van der Waals surface area contributed by atoms with Gasteiger partial charge in [0.15, 0.2) is 15.6 Å². The van der Waals surface area contributed by atoms with Gasteiger partial charge in [-0.05, 0) is 49.8 Å². The van der Waals surface area contributed by atoms with Gasteiger partial charge in [0.05, 0.1) is 10.6 Å². The monoisotopic (exact) mass is 321 g/mol. The van der Waals surface area contributed by atoms with Gasteiger partial charge >= 0.3 is 0 Å². The fraction of sp³-hybridized carbons (Fsp3) is 0.588. The molecule has 1 saturated heterocycles. The number of sulfone groups is 1. The van der Waals surface area contributed by atoms with Crippen molar-refractivity contribution >= 4 is 21.3 Å². The quantitative estimate of drug-likeness (QED) is 0.803. The highest BCUT2D eigenvalue weighted by Crippen LogP contribution is 2.40. The summed E-state index contributed by atoms with van der Waals surface area (Å²) in [6.07, 6.45) is 6.27. The first-order chi connectivity index (χ1) is 10.4. The Balaban J connectivity index is 2.00. The molecule has 1 aliphatic carbocycles. The minimum absolute atomic E-state index is 0.0297. The van der Waals surface area contributed by atoms with E-state index in [1.807, 2.05) is 0 Å². The number of carbonyl (C=O) groups excluding carboxylic acids is 1. The number of rotatable bonds is 3. The molecule has 0 spiro atoms. The maximum absolute atomic E-state index is 12.1. The number of carbonyl (C=O) groups is 1. The molecule has 1 saturated carbocycles. The molecule has 4 nitrogen and oxygen atoms in total. The van der Waals surface area contributed by atoms with Gasteiger partial charge in [0.25, 0.3) is 0 Å². The molecule has 2 atom stereocenters. The third kappa shape index (κ3) is 2.91. The van der Waals surface area contributed by atoms with Crippen molar-refractivity contribution in [1.82, 2.24) is 0 Å². The van der Waals surface area contributed by atoms with Crippen molar-refractivity contribution in [1.29, 1.82) is 0 Å². The number of ketones is 1. The first-order valence-electron chi connectivity index (χ1n) is 7.96. The molecule has 1 aromatic carbocycles. The summed E-state index contributed by atoms with van der Waals surface area (Å²) in [4.78, 5) is 14.2. The second-order valence-electron chi connectivity index (χ2n) is 6.72. The summed E-state index contributed by atoms with van der Waals surface area (Å²) in [7, 11) is -3.30. The number of fused-ring (bicyclic) bond motifs is 1. The van der Waals surface area contributed by atoms with Crippen LogP contribution in [0.5, 0.6) is 0 Å². The highest BCUT2D eigenvalue weighted by molar-refractivity contribution is 7.90. The summed E-state index contributed by atoms with van der Waals surface area (Å²) in [5.41, 5.74) is 1.29. The molecule has 120 valence electrons. The molecule has 0 bridgehead atoms. The summed E-state index contributed by atoms with van der Waals surface area (Å²) in [5.74, 6) is 1.31. The Morgan fingerprint density at radius 2 is 1.73 bits per heavy atom. The lowest BCUT2D eigenvalue weighted by Crippen LogP contribution is -2.22. The Bertz CT molecular complexity index is 682. The number of hydrogen-bond donors (Lipinski definition) is 0. The maximum atomic E-state index is 12.1. The van der Waals surface area contributed by atoms with Gasteiger partial charge in [-0.25, -0.2) is 8.42 Å². The molecule has 0 aromatic heterocycles. The van der Waals surface area contributed by atoms with Gasteiger partial charge in [0, 0.05) is 24.9 Å². The predicted molar refractivity (Wildman–Crippen MR) is 87.2 cm³/mol. The van der Waals surface area contributed by atoms with Crippen molar-refractivity contribution in [2.75, 3.05) is 24.2 Å². The van der Waals surface area contributed by atoms with E-state index in [-0.39, 0.29) is 5.78 Å². The molecular formula is C17H23NO3S. The lowest BCUT2D eigenvalue weighted by atomic mass is 9.82. The van der Waals surface area contributed by atoms with Crippen LogP contribution in [0.1, 0.15) is 43.0 Å². The number of hydrogen-bond acceptors (Lipinski definition) is 4. The Kier molecular flexibility index (Phi) is 4.02. The van der Waals surface area contributed by atoms with Crippen molar-refractivity contribution in [2.24, 2.45) is 11.8 Å². The molecule has 0 amide bonds. The second kappa shape index (κ2) is 5.69. The van der Waals surface area contributed by atoms with Crippen molar-refractivity contribution < 1.29 is 13.2 Å². The van der Waals surface area contributed by atoms with E-state index in [1.165, 1.54) is 38.9 Å². The van der Waals surface area contributed by atoms with E-state index < -0.39 is 9.84 Å². The summed E-state index contributed by atoms with van der Waals surface area (Å²) in [6, 6.07) is 4.96. The average molecular weight is 321 g/mol. The van der Waals surface area contributed by atoms with Crippen LogP contribution in [0.2, 0.25) is 0 Å². The van der Waals surface area contributed by atoms with Crippen LogP contribution in [0.4, 0.5) is 5.69 Å². The molecule has 1 heterocycles. The molecule has 2 unspecified atom stereocenters. The van der Waals surface area contributed by atoms with Crippen molar-refractivity contribution in [3.05, 3.63) is 23.8 Å². The third-order valence-corrected chi connectivity index (χ3v) is 6.23. The Labute approximate surface area is 132 Å². The normalized spacial score (nSPS) is 25.1. The van der Waals surface area contributed by atoms with E-state index in [9.17, 15) is 13.2 Å². The number of nitrogens with zero attached hydrogens (tertiary/aromatic N) is 1. The van der Waals surface area contributed by atoms with Crippen molar-refractivity contribution in [3.63, 3.8) is 0 Å². The standard InChI is InChI=1S/C17H23NO3S/c1-12(19)13-7-8-17(22(2,20)21)16(9-13)18-10-14-5-3-4-6-15(14)11-18/h7-9,14-15H,3-6,10-11H2,1-2H3. The summed E-state index contributed by atoms with van der Waals surface area (Å²) >= 11 is 0. The minimum Gasteiger partial charge on any atom is -0.370 e. The van der Waals surface area contributed by atoms with Gasteiger partial charge in [-0.2, -0.15) is 0 Å². The fourth-order valence-electron chi connectivity index (χ4n) is 3.90. The van der Waals surface area contributed by atoms with Gasteiger partial charge < -0.3 is 4.90 Å². The summed E-state index contributed by atoms with van der Waals surface area (Å²) < 4.78 is 24.2. The number of anilines is 1. The largest absolute Gasteiger partial charge is 0.370 e. The highest BCUT2D eigenvalue weighted by atomic mass is 32.2. The van der Waals surface area contributed by atoms with Crippen molar-refractivity contribution in [2.45, 2.75) is 37.5 Å². The van der Waals surface area contributed by atoms with Gasteiger partial charge in [-0.3, -0.25) is 4.79 Å². The van der Waals surface area contributed by atoms with Crippen LogP contribution in [0.25, 0.3) is 0 Å². The molecule has 2 fully saturated rings. The Hall–Kier alpha value is -1.36. The topological polar surface area (TPSA) is 54.5 Å². The van der Waals surface area contributed by atoms with Crippen LogP contribution in [0, 0.1) is 11.8 Å². The van der Waals surface area contributed by atoms with Crippen molar-refractivity contribution in [3.8, 4) is 0 Å². The van der Waals surface area contributed by atoms with E-state index in [2.05, 4.69) is 4.90 Å². The molecule has 0 radical (unpaired) electrons. The Morgan fingerprint density at radius 1 is 1.14 bits per heavy atom. The van der Waals surface area contributed by atoms with Gasteiger partial charge in [-0.1, -0.05) is 12.8 Å². The second-order valence-corrected chi connectivity index (χ2v) is 8.70. The van der Waals surface area contributed by atoms with Gasteiger partial charge in [0.1, 0.15) is 0 Å². The molecule has 0 N–H and O–H groups in total. The van der Waals surface area contributed by atoms with E-state index in [1.54, 1.807) is 18.2 Å². The first-order valence-corrected chi connectivity index (χ1v) is 9.85. The van der Waals surface area contributed by atoms with Gasteiger partial charge in [-0.15, -0.1) is 0 Å². The van der Waals surface area contributed by atoms with Crippen LogP contribution < -0.4 is 4.90 Å². The fourth-order valence-corrected chi connectivity index (χ4v) is 4.78. The first kappa shape index (κ1) is 15.5. The van der Waals surface area contributed by atoms with E-state index in [0.29, 0.717) is 28.0 Å². The van der Waals surface area contributed by atoms with E-state index in [4.69, 9.17) is 0 Å². The van der Waals surface area contributed by atoms with Crippen LogP contribution in [0.3, 0.4) is 0 Å². The zero-order valence-corrected chi connectivity index (χ0v) is 14.0. The lowest BCUT2D eigenvalue weighted by molar-refractivity contribution is 0.101. The maximum Gasteiger partial charge on any atom is 0.177 e. The number of Topliss-reactive ketones (excluding diaryl/α,β-unsaturated/α-hetero) is 1. The lowest BCUT2D eigenvalue weighted by Gasteiger charge is -2.22. The number of benzene rings is 1. The zero-order valence-electron chi connectivity index (χ0n) is 13.2. The molecule has 2 aliphatic rings. The van der Waals surface area contributed by atoms with Crippen LogP contribution in [-0.2, 0) is 9.84 Å². The zero-order chi connectivity index (χ0) is 15.9.